The minimum absolute atomic E-state index is 0.0632. The van der Waals surface area contributed by atoms with Gasteiger partial charge in [0.15, 0.2) is 4.34 Å². The van der Waals surface area contributed by atoms with Crippen molar-refractivity contribution in [3.05, 3.63) is 58.6 Å². The van der Waals surface area contributed by atoms with E-state index in [4.69, 9.17) is 28.1 Å². The number of rotatable bonds is 3. The molecule has 4 rings (SSSR count). The molecule has 2 aromatic carbocycles. The second-order valence-electron chi connectivity index (χ2n) is 5.53. The van der Waals surface area contributed by atoms with Crippen LogP contribution in [0.5, 0.6) is 0 Å². The van der Waals surface area contributed by atoms with Crippen LogP contribution in [0.3, 0.4) is 0 Å². The number of nitrogens with zero attached hydrogens (tertiary/aromatic N) is 3. The fraction of sp³-hybridized carbons (Fsp3) is 0.118. The maximum absolute atomic E-state index is 6.37. The number of guanidine groups is 1. The van der Waals surface area contributed by atoms with Gasteiger partial charge in [-0.15, -0.1) is 16.4 Å². The lowest BCUT2D eigenvalue weighted by Crippen LogP contribution is -2.22. The van der Waals surface area contributed by atoms with Gasteiger partial charge in [0.1, 0.15) is 0 Å². The van der Waals surface area contributed by atoms with Gasteiger partial charge in [0.2, 0.25) is 5.96 Å². The van der Waals surface area contributed by atoms with E-state index in [1.54, 1.807) is 23.1 Å². The average molecular weight is 388 g/mol. The number of hydrogen-bond acceptors (Lipinski definition) is 5. The van der Waals surface area contributed by atoms with E-state index in [1.165, 1.54) is 4.70 Å². The number of thioether (sulfide) groups is 1. The summed E-state index contributed by atoms with van der Waals surface area (Å²) in [5.41, 5.74) is 14.8. The summed E-state index contributed by atoms with van der Waals surface area (Å²) in [6.45, 7) is 0. The van der Waals surface area contributed by atoms with Crippen LogP contribution in [0, 0.1) is 0 Å². The van der Waals surface area contributed by atoms with Crippen LogP contribution >= 0.6 is 34.7 Å². The van der Waals surface area contributed by atoms with E-state index in [1.807, 2.05) is 36.4 Å². The standard InChI is InChI=1S/C17H14ClN5S2/c18-11-5-3-4-9-10(11)8-14(15(9)22-23-16(19)20)25-17-21-12-6-1-2-7-13(12)24-17/h1-7,14H,8H2,(H4,19,20,23)/b22-15+. The Kier molecular flexibility index (Phi) is 4.37. The lowest BCUT2D eigenvalue weighted by atomic mass is 10.1. The van der Waals surface area contributed by atoms with Crippen LogP contribution in [0.1, 0.15) is 11.1 Å². The highest BCUT2D eigenvalue weighted by molar-refractivity contribution is 8.02. The highest BCUT2D eigenvalue weighted by Crippen LogP contribution is 2.40. The number of fused-ring (bicyclic) bond motifs is 2. The van der Waals surface area contributed by atoms with Crippen LogP contribution in [-0.2, 0) is 6.42 Å². The van der Waals surface area contributed by atoms with Gasteiger partial charge in [0, 0.05) is 10.6 Å². The van der Waals surface area contributed by atoms with Crippen molar-refractivity contribution in [2.75, 3.05) is 0 Å². The van der Waals surface area contributed by atoms with Crippen molar-refractivity contribution in [2.24, 2.45) is 21.7 Å². The Morgan fingerprint density at radius 3 is 2.84 bits per heavy atom. The van der Waals surface area contributed by atoms with E-state index < -0.39 is 0 Å². The quantitative estimate of drug-likeness (QED) is 0.408. The van der Waals surface area contributed by atoms with Crippen LogP contribution in [-0.4, -0.2) is 21.9 Å². The van der Waals surface area contributed by atoms with Gasteiger partial charge in [-0.1, -0.05) is 47.6 Å². The molecule has 1 heterocycles. The largest absolute Gasteiger partial charge is 0.369 e. The van der Waals surface area contributed by atoms with Crippen LogP contribution in [0.4, 0.5) is 0 Å². The fourth-order valence-corrected chi connectivity index (χ4v) is 5.50. The highest BCUT2D eigenvalue weighted by Gasteiger charge is 2.32. The molecule has 0 spiro atoms. The molecule has 3 aromatic rings. The molecule has 1 aliphatic rings. The van der Waals surface area contributed by atoms with Gasteiger partial charge in [-0.2, -0.15) is 5.10 Å². The van der Waals surface area contributed by atoms with E-state index in [9.17, 15) is 0 Å². The smallest absolute Gasteiger partial charge is 0.211 e. The molecule has 0 saturated carbocycles. The lowest BCUT2D eigenvalue weighted by molar-refractivity contribution is 1.09. The number of hydrogen-bond donors (Lipinski definition) is 2. The molecule has 5 nitrogen and oxygen atoms in total. The summed E-state index contributed by atoms with van der Waals surface area (Å²) in [4.78, 5) is 4.70. The molecule has 0 saturated heterocycles. The summed E-state index contributed by atoms with van der Waals surface area (Å²) in [6, 6.07) is 13.9. The van der Waals surface area contributed by atoms with Crippen LogP contribution in [0.2, 0.25) is 5.02 Å². The van der Waals surface area contributed by atoms with Crippen molar-refractivity contribution in [3.8, 4) is 0 Å². The zero-order valence-corrected chi connectivity index (χ0v) is 15.4. The minimum atomic E-state index is -0.0632. The lowest BCUT2D eigenvalue weighted by Gasteiger charge is -2.07. The zero-order chi connectivity index (χ0) is 17.4. The summed E-state index contributed by atoms with van der Waals surface area (Å²) in [5.74, 6) is -0.0632. The van der Waals surface area contributed by atoms with Crippen LogP contribution in [0.15, 0.2) is 57.0 Å². The topological polar surface area (TPSA) is 89.7 Å². The molecule has 1 unspecified atom stereocenters. The third kappa shape index (κ3) is 3.22. The van der Waals surface area contributed by atoms with Crippen LogP contribution in [0.25, 0.3) is 10.2 Å². The first-order valence-electron chi connectivity index (χ1n) is 7.58. The normalized spacial score (nSPS) is 17.8. The van der Waals surface area contributed by atoms with Gasteiger partial charge >= 0.3 is 0 Å². The van der Waals surface area contributed by atoms with Crippen LogP contribution < -0.4 is 11.5 Å². The van der Waals surface area contributed by atoms with Gasteiger partial charge < -0.3 is 11.5 Å². The van der Waals surface area contributed by atoms with Crippen molar-refractivity contribution in [3.63, 3.8) is 0 Å². The van der Waals surface area contributed by atoms with Crippen molar-refractivity contribution in [1.82, 2.24) is 4.98 Å². The summed E-state index contributed by atoms with van der Waals surface area (Å²) in [5, 5.41) is 8.95. The van der Waals surface area contributed by atoms with E-state index in [-0.39, 0.29) is 11.2 Å². The van der Waals surface area contributed by atoms with E-state index >= 15 is 0 Å². The second kappa shape index (κ2) is 6.67. The Morgan fingerprint density at radius 2 is 2.04 bits per heavy atom. The average Bonchev–Trinajstić information content (AvgIpc) is 3.14. The van der Waals surface area contributed by atoms with Gasteiger partial charge in [-0.25, -0.2) is 4.98 Å². The first-order valence-corrected chi connectivity index (χ1v) is 9.65. The maximum atomic E-state index is 6.37. The minimum Gasteiger partial charge on any atom is -0.369 e. The number of nitrogens with two attached hydrogens (primary N) is 2. The van der Waals surface area contributed by atoms with E-state index in [2.05, 4.69) is 16.3 Å². The molecule has 0 fully saturated rings. The molecule has 0 radical (unpaired) electrons. The Hall–Kier alpha value is -2.09. The number of aromatic nitrogens is 1. The van der Waals surface area contributed by atoms with E-state index in [0.29, 0.717) is 0 Å². The highest BCUT2D eigenvalue weighted by atomic mass is 35.5. The molecule has 126 valence electrons. The Balaban J connectivity index is 1.71. The van der Waals surface area contributed by atoms with Gasteiger partial charge in [-0.05, 0) is 30.2 Å². The molecule has 4 N–H and O–H groups in total. The number of halogens is 1. The first kappa shape index (κ1) is 16.4. The second-order valence-corrected chi connectivity index (χ2v) is 8.42. The fourth-order valence-electron chi connectivity index (χ4n) is 2.81. The van der Waals surface area contributed by atoms with Gasteiger partial charge in [0.25, 0.3) is 0 Å². The SMILES string of the molecule is NC(N)=N/N=C1\c2cccc(Cl)c2CC1Sc1nc2ccccc2s1. The molecule has 0 bridgehead atoms. The van der Waals surface area contributed by atoms with Gasteiger partial charge in [-0.3, -0.25) is 0 Å². The van der Waals surface area contributed by atoms with Crippen molar-refractivity contribution < 1.29 is 0 Å². The van der Waals surface area contributed by atoms with E-state index in [0.717, 1.165) is 38.1 Å². The Labute approximate surface area is 157 Å². The predicted octanol–water partition coefficient (Wildman–Crippen LogP) is 3.64. The third-order valence-electron chi connectivity index (χ3n) is 3.88. The zero-order valence-electron chi connectivity index (χ0n) is 13.0. The predicted molar refractivity (Wildman–Crippen MR) is 107 cm³/mol. The van der Waals surface area contributed by atoms with Crippen molar-refractivity contribution in [2.45, 2.75) is 16.0 Å². The number of benzene rings is 2. The van der Waals surface area contributed by atoms with Gasteiger partial charge in [0.05, 0.1) is 21.2 Å². The summed E-state index contributed by atoms with van der Waals surface area (Å²) in [7, 11) is 0. The van der Waals surface area contributed by atoms with Crippen molar-refractivity contribution in [1.29, 1.82) is 0 Å². The number of thiazole rings is 1. The molecule has 1 aliphatic carbocycles. The van der Waals surface area contributed by atoms with Crippen molar-refractivity contribution >= 4 is 56.6 Å². The first-order chi connectivity index (χ1) is 12.1. The molecular formula is C17H14ClN5S2. The molecule has 8 heteroatoms. The summed E-state index contributed by atoms with van der Waals surface area (Å²) >= 11 is 9.71. The molecule has 0 amide bonds. The molecule has 1 aromatic heterocycles. The molecule has 25 heavy (non-hydrogen) atoms. The maximum Gasteiger partial charge on any atom is 0.211 e. The Bertz CT molecular complexity index is 974. The Morgan fingerprint density at radius 1 is 1.20 bits per heavy atom. The summed E-state index contributed by atoms with van der Waals surface area (Å²) in [6.07, 6.45) is 0.772. The third-order valence-corrected chi connectivity index (χ3v) is 6.57. The molecule has 0 aliphatic heterocycles. The monoisotopic (exact) mass is 387 g/mol. The molecule has 1 atom stereocenters. The number of para-hydroxylation sites is 1. The molecular weight excluding hydrogens is 374 g/mol. The summed E-state index contributed by atoms with van der Waals surface area (Å²) < 4.78 is 2.16.